The van der Waals surface area contributed by atoms with E-state index in [4.69, 9.17) is 9.84 Å². The number of benzene rings is 1. The maximum Gasteiger partial charge on any atom is 0.329 e. The Hall–Kier alpha value is -2.61. The third-order valence-electron chi connectivity index (χ3n) is 7.56. The number of hydrogen-bond acceptors (Lipinski definition) is 3. The maximum absolute atomic E-state index is 10.6. The zero-order chi connectivity index (χ0) is 25.0. The quantitative estimate of drug-likeness (QED) is 0.166. The molecular formula is C31H40O4. The van der Waals surface area contributed by atoms with Gasteiger partial charge in [0.05, 0.1) is 12.7 Å². The first kappa shape index (κ1) is 27.0. The molecule has 2 saturated carbocycles. The molecule has 4 heteroatoms. The molecule has 1 aromatic carbocycles. The van der Waals surface area contributed by atoms with Gasteiger partial charge in [0, 0.05) is 17.4 Å². The van der Waals surface area contributed by atoms with Gasteiger partial charge in [0.2, 0.25) is 0 Å². The number of hydrogen-bond donors (Lipinski definition) is 2. The number of allylic oxidation sites excluding steroid dienone is 4. The maximum atomic E-state index is 10.6. The molecule has 2 N–H and O–H groups in total. The van der Waals surface area contributed by atoms with Crippen molar-refractivity contribution in [1.29, 1.82) is 0 Å². The summed E-state index contributed by atoms with van der Waals surface area (Å²) >= 11 is 0. The average Bonchev–Trinajstić information content (AvgIpc) is 2.82. The molecule has 1 unspecified atom stereocenters. The number of carboxylic acid groups (broad SMARTS) is 1. The minimum Gasteiger partial charge on any atom is -0.480 e. The Morgan fingerprint density at radius 3 is 2.66 bits per heavy atom. The summed E-state index contributed by atoms with van der Waals surface area (Å²) in [7, 11) is 0. The highest BCUT2D eigenvalue weighted by atomic mass is 16.5. The summed E-state index contributed by atoms with van der Waals surface area (Å²) in [5.41, 5.74) is 2.59. The Balaban J connectivity index is 1.47. The first-order valence-corrected chi connectivity index (χ1v) is 13.0. The summed E-state index contributed by atoms with van der Waals surface area (Å²) in [5, 5.41) is 19.3. The van der Waals surface area contributed by atoms with Crippen molar-refractivity contribution in [2.24, 2.45) is 10.8 Å². The number of rotatable bonds is 11. The summed E-state index contributed by atoms with van der Waals surface area (Å²) in [6, 6.07) is 10.1. The number of aliphatic hydroxyl groups is 1. The van der Waals surface area contributed by atoms with Gasteiger partial charge in [0.1, 0.15) is 6.61 Å². The van der Waals surface area contributed by atoms with Crippen LogP contribution in [0.1, 0.15) is 76.7 Å². The van der Waals surface area contributed by atoms with Crippen LogP contribution in [-0.4, -0.2) is 35.5 Å². The lowest BCUT2D eigenvalue weighted by Crippen LogP contribution is -2.30. The van der Waals surface area contributed by atoms with E-state index in [2.05, 4.69) is 24.8 Å². The lowest BCUT2D eigenvalue weighted by atomic mass is 9.64. The molecule has 2 aliphatic rings. The van der Waals surface area contributed by atoms with Crippen molar-refractivity contribution in [3.63, 3.8) is 0 Å². The van der Waals surface area contributed by atoms with E-state index in [1.165, 1.54) is 31.3 Å². The van der Waals surface area contributed by atoms with E-state index in [1.54, 1.807) is 0 Å². The van der Waals surface area contributed by atoms with Crippen LogP contribution in [-0.2, 0) is 9.53 Å². The van der Waals surface area contributed by atoms with Gasteiger partial charge in [0.15, 0.2) is 0 Å². The van der Waals surface area contributed by atoms with E-state index in [9.17, 15) is 9.90 Å². The largest absolute Gasteiger partial charge is 0.480 e. The van der Waals surface area contributed by atoms with Crippen molar-refractivity contribution in [2.75, 3.05) is 13.2 Å². The molecule has 0 radical (unpaired) electrons. The van der Waals surface area contributed by atoms with Crippen molar-refractivity contribution in [2.45, 2.75) is 77.2 Å². The van der Waals surface area contributed by atoms with Crippen LogP contribution in [0.15, 0.2) is 66.3 Å². The molecule has 0 amide bonds. The van der Waals surface area contributed by atoms with Crippen LogP contribution >= 0.6 is 0 Å². The Bertz CT molecular complexity index is 959. The van der Waals surface area contributed by atoms with Gasteiger partial charge in [0.25, 0.3) is 0 Å². The van der Waals surface area contributed by atoms with Crippen LogP contribution in [0.3, 0.4) is 0 Å². The minimum atomic E-state index is -0.943. The fraction of sp³-hybridized carbons (Fsp3) is 0.516. The van der Waals surface area contributed by atoms with E-state index < -0.39 is 12.1 Å². The molecule has 0 saturated heterocycles. The highest BCUT2D eigenvalue weighted by Crippen LogP contribution is 2.47. The number of carbonyl (C=O) groups is 1. The fourth-order valence-electron chi connectivity index (χ4n) is 5.14. The van der Waals surface area contributed by atoms with Gasteiger partial charge in [-0.1, -0.05) is 85.8 Å². The van der Waals surface area contributed by atoms with E-state index in [0.717, 1.165) is 44.1 Å². The predicted molar refractivity (Wildman–Crippen MR) is 141 cm³/mol. The predicted octanol–water partition coefficient (Wildman–Crippen LogP) is 6.46. The molecule has 188 valence electrons. The number of ether oxygens (including phenoxy) is 1. The number of aliphatic carboxylic acids is 1. The zero-order valence-corrected chi connectivity index (χ0v) is 21.0. The van der Waals surface area contributed by atoms with E-state index in [1.807, 2.05) is 54.6 Å². The molecule has 0 heterocycles. The first-order chi connectivity index (χ1) is 16.9. The van der Waals surface area contributed by atoms with E-state index in [0.29, 0.717) is 6.61 Å². The van der Waals surface area contributed by atoms with Crippen molar-refractivity contribution >= 4 is 5.97 Å². The molecule has 2 atom stereocenters. The van der Waals surface area contributed by atoms with Crippen molar-refractivity contribution in [3.8, 4) is 11.8 Å². The van der Waals surface area contributed by atoms with Crippen LogP contribution < -0.4 is 0 Å². The van der Waals surface area contributed by atoms with Gasteiger partial charge >= 0.3 is 5.97 Å². The van der Waals surface area contributed by atoms with Crippen LogP contribution in [0, 0.1) is 22.7 Å². The standard InChI is InChI=1S/C31H40O4/c1-30(18-7-5-14-27(30)17-24-35-25-29(33)34)19-8-6-15-28(32)16-23-31(21-10-22-31)20-9-13-26-11-3-2-4-12-26/h2-4,6,8,11-12,15,17,19,28,32H,5,7,10,14,16,18,20-25H2,1H3,(H,33,34)/b15-6+,19-8+,27-17+/t28?,30-/m0/s1. The fourth-order valence-corrected chi connectivity index (χ4v) is 5.14. The third-order valence-corrected chi connectivity index (χ3v) is 7.56. The topological polar surface area (TPSA) is 66.8 Å². The van der Waals surface area contributed by atoms with E-state index >= 15 is 0 Å². The van der Waals surface area contributed by atoms with Gasteiger partial charge in [-0.15, -0.1) is 0 Å². The second-order valence-electron chi connectivity index (χ2n) is 10.3. The molecule has 2 fully saturated rings. The lowest BCUT2D eigenvalue weighted by molar-refractivity contribution is -0.141. The van der Waals surface area contributed by atoms with Crippen LogP contribution in [0.5, 0.6) is 0 Å². The molecule has 2 aliphatic carbocycles. The van der Waals surface area contributed by atoms with Gasteiger partial charge in [-0.25, -0.2) is 4.79 Å². The summed E-state index contributed by atoms with van der Waals surface area (Å²) in [6.07, 6.45) is 20.5. The molecule has 3 rings (SSSR count). The Labute approximate surface area is 210 Å². The van der Waals surface area contributed by atoms with Crippen LogP contribution in [0.4, 0.5) is 0 Å². The Morgan fingerprint density at radius 1 is 1.14 bits per heavy atom. The third kappa shape index (κ3) is 8.84. The van der Waals surface area contributed by atoms with Gasteiger partial charge in [-0.2, -0.15) is 0 Å². The van der Waals surface area contributed by atoms with Crippen molar-refractivity contribution in [3.05, 3.63) is 71.8 Å². The SMILES string of the molecule is C[C@@]1(/C=C/C=C/C(O)CCC2(CC#Cc3ccccc3)CCC2)CCCC/C1=C\COCC(=O)O. The van der Waals surface area contributed by atoms with Gasteiger partial charge < -0.3 is 14.9 Å². The van der Waals surface area contributed by atoms with Crippen molar-refractivity contribution < 1.29 is 19.7 Å². The monoisotopic (exact) mass is 476 g/mol. The molecular weight excluding hydrogens is 436 g/mol. The Kier molecular flexibility index (Phi) is 10.4. The highest BCUT2D eigenvalue weighted by Gasteiger charge is 2.36. The first-order valence-electron chi connectivity index (χ1n) is 13.0. The number of aliphatic hydroxyl groups excluding tert-OH is 1. The minimum absolute atomic E-state index is 0.0481. The molecule has 1 aromatic rings. The average molecular weight is 477 g/mol. The summed E-state index contributed by atoms with van der Waals surface area (Å²) in [6.45, 7) is 2.29. The smallest absolute Gasteiger partial charge is 0.329 e. The highest BCUT2D eigenvalue weighted by molar-refractivity contribution is 5.68. The summed E-state index contributed by atoms with van der Waals surface area (Å²) in [4.78, 5) is 10.6. The second kappa shape index (κ2) is 13.5. The zero-order valence-electron chi connectivity index (χ0n) is 21.0. The van der Waals surface area contributed by atoms with Gasteiger partial charge in [-0.3, -0.25) is 0 Å². The normalized spacial score (nSPS) is 23.7. The molecule has 0 aromatic heterocycles. The Morgan fingerprint density at radius 2 is 1.94 bits per heavy atom. The molecule has 0 spiro atoms. The molecule has 4 nitrogen and oxygen atoms in total. The van der Waals surface area contributed by atoms with E-state index in [-0.39, 0.29) is 17.4 Å². The second-order valence-corrected chi connectivity index (χ2v) is 10.3. The van der Waals surface area contributed by atoms with Gasteiger partial charge in [-0.05, 0) is 62.5 Å². The molecule has 0 aliphatic heterocycles. The molecule has 0 bridgehead atoms. The van der Waals surface area contributed by atoms with Crippen LogP contribution in [0.25, 0.3) is 0 Å². The van der Waals surface area contributed by atoms with Crippen molar-refractivity contribution in [1.82, 2.24) is 0 Å². The summed E-state index contributed by atoms with van der Waals surface area (Å²) in [5.74, 6) is 5.72. The summed E-state index contributed by atoms with van der Waals surface area (Å²) < 4.78 is 5.21. The van der Waals surface area contributed by atoms with Crippen LogP contribution in [0.2, 0.25) is 0 Å². The molecule has 35 heavy (non-hydrogen) atoms. The number of carboxylic acids is 1. The lowest BCUT2D eigenvalue weighted by Gasteiger charge is -2.41.